The molecule has 1 aromatic carbocycles. The zero-order valence-corrected chi connectivity index (χ0v) is 10.7. The number of phenolic OH excluding ortho intramolecular Hbond substituents is 1. The Kier molecular flexibility index (Phi) is 4.46. The molecule has 0 bridgehead atoms. The highest BCUT2D eigenvalue weighted by Crippen LogP contribution is 2.27. The molecule has 6 heteroatoms. The summed E-state index contributed by atoms with van der Waals surface area (Å²) < 4.78 is 4.86. The van der Waals surface area contributed by atoms with Gasteiger partial charge in [-0.2, -0.15) is 0 Å². The highest BCUT2D eigenvalue weighted by molar-refractivity contribution is 5.68. The zero-order chi connectivity index (χ0) is 13.7. The van der Waals surface area contributed by atoms with Gasteiger partial charge in [0.05, 0.1) is 12.3 Å². The third kappa shape index (κ3) is 3.29. The summed E-state index contributed by atoms with van der Waals surface area (Å²) in [6.45, 7) is 2.23. The molecular weight excluding hydrogens is 248 g/mol. The van der Waals surface area contributed by atoms with Crippen molar-refractivity contribution in [3.8, 4) is 5.75 Å². The van der Waals surface area contributed by atoms with Crippen molar-refractivity contribution in [3.63, 3.8) is 0 Å². The lowest BCUT2D eigenvalue weighted by Crippen LogP contribution is -2.49. The summed E-state index contributed by atoms with van der Waals surface area (Å²) >= 11 is 0. The third-order valence-electron chi connectivity index (χ3n) is 3.08. The number of piperazine rings is 1. The van der Waals surface area contributed by atoms with Gasteiger partial charge >= 0.3 is 6.09 Å². The van der Waals surface area contributed by atoms with Gasteiger partial charge in [0.15, 0.2) is 0 Å². The fraction of sp³-hybridized carbons (Fsp3) is 0.462. The number of hydrogen-bond donors (Lipinski definition) is 2. The van der Waals surface area contributed by atoms with Crippen LogP contribution in [0.3, 0.4) is 0 Å². The van der Waals surface area contributed by atoms with Crippen molar-refractivity contribution in [2.45, 2.75) is 0 Å². The van der Waals surface area contributed by atoms with E-state index in [0.29, 0.717) is 26.2 Å². The zero-order valence-electron chi connectivity index (χ0n) is 10.7. The van der Waals surface area contributed by atoms with Gasteiger partial charge in [-0.05, 0) is 12.1 Å². The molecule has 1 heterocycles. The minimum atomic E-state index is -0.397. The van der Waals surface area contributed by atoms with E-state index in [9.17, 15) is 9.90 Å². The predicted molar refractivity (Wildman–Crippen MR) is 70.3 cm³/mol. The Morgan fingerprint density at radius 1 is 1.21 bits per heavy atom. The summed E-state index contributed by atoms with van der Waals surface area (Å²) in [5, 5.41) is 18.4. The van der Waals surface area contributed by atoms with E-state index in [0.717, 1.165) is 5.69 Å². The molecule has 0 aromatic heterocycles. The van der Waals surface area contributed by atoms with E-state index >= 15 is 0 Å². The van der Waals surface area contributed by atoms with Gasteiger partial charge in [0.25, 0.3) is 0 Å². The fourth-order valence-electron chi connectivity index (χ4n) is 2.09. The molecule has 0 radical (unpaired) electrons. The van der Waals surface area contributed by atoms with E-state index in [1.165, 1.54) is 0 Å². The van der Waals surface area contributed by atoms with Gasteiger partial charge < -0.3 is 24.7 Å². The number of nitrogens with zero attached hydrogens (tertiary/aromatic N) is 2. The Labute approximate surface area is 111 Å². The van der Waals surface area contributed by atoms with E-state index < -0.39 is 6.09 Å². The molecule has 1 fully saturated rings. The second kappa shape index (κ2) is 6.29. The monoisotopic (exact) mass is 266 g/mol. The molecule has 2 rings (SSSR count). The van der Waals surface area contributed by atoms with Crippen LogP contribution in [0.2, 0.25) is 0 Å². The fourth-order valence-corrected chi connectivity index (χ4v) is 2.09. The van der Waals surface area contributed by atoms with Crippen molar-refractivity contribution in [2.24, 2.45) is 0 Å². The van der Waals surface area contributed by atoms with E-state index in [4.69, 9.17) is 9.84 Å². The van der Waals surface area contributed by atoms with Crippen molar-refractivity contribution in [2.75, 3.05) is 44.3 Å². The first-order chi connectivity index (χ1) is 9.22. The van der Waals surface area contributed by atoms with Crippen LogP contribution in [0, 0.1) is 0 Å². The molecule has 1 amide bonds. The summed E-state index contributed by atoms with van der Waals surface area (Å²) in [4.78, 5) is 15.2. The van der Waals surface area contributed by atoms with Crippen LogP contribution < -0.4 is 4.90 Å². The lowest BCUT2D eigenvalue weighted by molar-refractivity contribution is 0.0825. The van der Waals surface area contributed by atoms with Crippen LogP contribution in [0.15, 0.2) is 24.3 Å². The second-order valence-electron chi connectivity index (χ2n) is 4.30. The van der Waals surface area contributed by atoms with E-state index in [1.807, 2.05) is 17.0 Å². The quantitative estimate of drug-likeness (QED) is 0.840. The normalized spacial score (nSPS) is 15.4. The van der Waals surface area contributed by atoms with Gasteiger partial charge in [0, 0.05) is 26.2 Å². The van der Waals surface area contributed by atoms with Gasteiger partial charge in [-0.25, -0.2) is 4.79 Å². The summed E-state index contributed by atoms with van der Waals surface area (Å²) in [5.41, 5.74) is 0.783. The number of rotatable bonds is 3. The lowest BCUT2D eigenvalue weighted by Gasteiger charge is -2.35. The van der Waals surface area contributed by atoms with Crippen molar-refractivity contribution < 1.29 is 19.7 Å². The largest absolute Gasteiger partial charge is 0.506 e. The van der Waals surface area contributed by atoms with Crippen LogP contribution in [-0.4, -0.2) is 60.6 Å². The van der Waals surface area contributed by atoms with E-state index in [-0.39, 0.29) is 19.0 Å². The molecule has 0 unspecified atom stereocenters. The number of para-hydroxylation sites is 2. The first kappa shape index (κ1) is 13.5. The minimum absolute atomic E-state index is 0.0263. The number of amides is 1. The lowest BCUT2D eigenvalue weighted by atomic mass is 10.2. The number of benzene rings is 1. The maximum Gasteiger partial charge on any atom is 0.409 e. The third-order valence-corrected chi connectivity index (χ3v) is 3.08. The number of phenols is 1. The van der Waals surface area contributed by atoms with Crippen molar-refractivity contribution in [1.82, 2.24) is 4.90 Å². The maximum absolute atomic E-state index is 11.6. The van der Waals surface area contributed by atoms with Crippen LogP contribution in [0.25, 0.3) is 0 Å². The van der Waals surface area contributed by atoms with Gasteiger partial charge in [-0.1, -0.05) is 12.1 Å². The first-order valence-corrected chi connectivity index (χ1v) is 6.28. The Morgan fingerprint density at radius 2 is 1.89 bits per heavy atom. The summed E-state index contributed by atoms with van der Waals surface area (Å²) in [5.74, 6) is 0.249. The number of ether oxygens (including phenoxy) is 1. The number of aliphatic hydroxyl groups is 1. The molecule has 1 saturated heterocycles. The van der Waals surface area contributed by atoms with Gasteiger partial charge in [0.1, 0.15) is 12.4 Å². The van der Waals surface area contributed by atoms with Crippen LogP contribution in [0.1, 0.15) is 0 Å². The Morgan fingerprint density at radius 3 is 2.53 bits per heavy atom. The molecule has 104 valence electrons. The Balaban J connectivity index is 1.89. The van der Waals surface area contributed by atoms with Crippen LogP contribution >= 0.6 is 0 Å². The summed E-state index contributed by atoms with van der Waals surface area (Å²) in [6.07, 6.45) is -0.397. The Bertz CT molecular complexity index is 430. The Hall–Kier alpha value is -1.95. The van der Waals surface area contributed by atoms with Gasteiger partial charge in [0.2, 0.25) is 0 Å². The molecule has 19 heavy (non-hydrogen) atoms. The summed E-state index contributed by atoms with van der Waals surface area (Å²) in [7, 11) is 0. The number of carbonyl (C=O) groups is 1. The highest BCUT2D eigenvalue weighted by atomic mass is 16.6. The number of aliphatic hydroxyl groups excluding tert-OH is 1. The minimum Gasteiger partial charge on any atom is -0.506 e. The molecule has 2 N–H and O–H groups in total. The highest BCUT2D eigenvalue weighted by Gasteiger charge is 2.23. The number of anilines is 1. The van der Waals surface area contributed by atoms with Crippen LogP contribution in [0.4, 0.5) is 10.5 Å². The SMILES string of the molecule is O=C(OCCO)N1CCN(c2ccccc2O)CC1. The van der Waals surface area contributed by atoms with Gasteiger partial charge in [-0.15, -0.1) is 0 Å². The standard InChI is InChI=1S/C13H18N2O4/c16-9-10-19-13(18)15-7-5-14(6-8-15)11-3-1-2-4-12(11)17/h1-4,16-17H,5-10H2. The van der Waals surface area contributed by atoms with Crippen molar-refractivity contribution in [1.29, 1.82) is 0 Å². The molecule has 6 nitrogen and oxygen atoms in total. The molecule has 1 aromatic rings. The molecular formula is C13H18N2O4. The summed E-state index contributed by atoms with van der Waals surface area (Å²) in [6, 6.07) is 7.16. The molecule has 1 aliphatic rings. The molecule has 1 aliphatic heterocycles. The topological polar surface area (TPSA) is 73.2 Å². The second-order valence-corrected chi connectivity index (χ2v) is 4.30. The predicted octanol–water partition coefficient (Wildman–Crippen LogP) is 0.643. The van der Waals surface area contributed by atoms with Gasteiger partial charge in [-0.3, -0.25) is 0 Å². The number of carbonyl (C=O) groups excluding carboxylic acids is 1. The van der Waals surface area contributed by atoms with Crippen LogP contribution in [-0.2, 0) is 4.74 Å². The van der Waals surface area contributed by atoms with Crippen molar-refractivity contribution >= 4 is 11.8 Å². The van der Waals surface area contributed by atoms with E-state index in [1.54, 1.807) is 17.0 Å². The molecule has 0 saturated carbocycles. The molecule has 0 spiro atoms. The molecule has 0 atom stereocenters. The maximum atomic E-state index is 11.6. The number of hydrogen-bond acceptors (Lipinski definition) is 5. The smallest absolute Gasteiger partial charge is 0.409 e. The average Bonchev–Trinajstić information content (AvgIpc) is 2.45. The van der Waals surface area contributed by atoms with Crippen LogP contribution in [0.5, 0.6) is 5.75 Å². The van der Waals surface area contributed by atoms with Crippen molar-refractivity contribution in [3.05, 3.63) is 24.3 Å². The number of aromatic hydroxyl groups is 1. The average molecular weight is 266 g/mol. The molecule has 0 aliphatic carbocycles. The first-order valence-electron chi connectivity index (χ1n) is 6.28. The van der Waals surface area contributed by atoms with E-state index in [2.05, 4.69) is 0 Å².